The Balaban J connectivity index is 2.62. The lowest BCUT2D eigenvalue weighted by Crippen LogP contribution is -2.39. The van der Waals surface area contributed by atoms with Crippen LogP contribution in [0.25, 0.3) is 0 Å². The van der Waals surface area contributed by atoms with Crippen molar-refractivity contribution >= 4 is 33.2 Å². The first-order valence-corrected chi connectivity index (χ1v) is 8.84. The van der Waals surface area contributed by atoms with Crippen molar-refractivity contribution in [3.05, 3.63) is 69.0 Å². The van der Waals surface area contributed by atoms with Gasteiger partial charge in [0.2, 0.25) is 5.91 Å². The van der Waals surface area contributed by atoms with E-state index in [1.54, 1.807) is 0 Å². The molecule has 11 heteroatoms. The second kappa shape index (κ2) is 7.36. The quantitative estimate of drug-likeness (QED) is 0.587. The van der Waals surface area contributed by atoms with Gasteiger partial charge in [-0.25, -0.2) is 12.8 Å². The van der Waals surface area contributed by atoms with Gasteiger partial charge in [0, 0.05) is 18.1 Å². The van der Waals surface area contributed by atoms with Crippen LogP contribution in [0, 0.1) is 15.9 Å². The third-order valence-corrected chi connectivity index (χ3v) is 5.66. The number of sulfonamides is 1. The molecular weight excluding hydrogens is 389 g/mol. The summed E-state index contributed by atoms with van der Waals surface area (Å²) in [4.78, 5) is 21.4. The molecule has 0 heterocycles. The van der Waals surface area contributed by atoms with Crippen molar-refractivity contribution in [3.8, 4) is 0 Å². The highest BCUT2D eigenvalue weighted by Crippen LogP contribution is 2.33. The van der Waals surface area contributed by atoms with Crippen molar-refractivity contribution in [2.45, 2.75) is 10.9 Å². The molecule has 0 aliphatic heterocycles. The molecule has 0 aromatic heterocycles. The highest BCUT2D eigenvalue weighted by atomic mass is 35.5. The van der Waals surface area contributed by atoms with E-state index in [0.717, 1.165) is 37.4 Å². The number of hydrogen-bond donors (Lipinski definition) is 1. The van der Waals surface area contributed by atoms with Gasteiger partial charge in [0.1, 0.15) is 11.9 Å². The van der Waals surface area contributed by atoms with Gasteiger partial charge in [0.15, 0.2) is 4.90 Å². The van der Waals surface area contributed by atoms with E-state index in [0.29, 0.717) is 4.31 Å². The maximum Gasteiger partial charge on any atom is 0.289 e. The maximum absolute atomic E-state index is 13.5. The predicted octanol–water partition coefficient (Wildman–Crippen LogP) is 2.23. The topological polar surface area (TPSA) is 124 Å². The van der Waals surface area contributed by atoms with E-state index in [1.165, 1.54) is 12.1 Å². The Morgan fingerprint density at radius 2 is 1.96 bits per heavy atom. The number of carbonyl (C=O) groups excluding carboxylic acids is 1. The largest absolute Gasteiger partial charge is 0.368 e. The predicted molar refractivity (Wildman–Crippen MR) is 91.4 cm³/mol. The molecule has 26 heavy (non-hydrogen) atoms. The van der Waals surface area contributed by atoms with Gasteiger partial charge in [-0.05, 0) is 29.8 Å². The summed E-state index contributed by atoms with van der Waals surface area (Å²) in [5.41, 5.74) is 4.56. The van der Waals surface area contributed by atoms with E-state index < -0.39 is 43.3 Å². The summed E-state index contributed by atoms with van der Waals surface area (Å²) in [6.07, 6.45) is 0. The zero-order valence-electron chi connectivity index (χ0n) is 13.3. The first kappa shape index (κ1) is 19.8. The van der Waals surface area contributed by atoms with Crippen molar-refractivity contribution in [2.24, 2.45) is 5.73 Å². The van der Waals surface area contributed by atoms with Crippen molar-refractivity contribution in [2.75, 3.05) is 7.05 Å². The van der Waals surface area contributed by atoms with Crippen LogP contribution in [0.2, 0.25) is 5.02 Å². The lowest BCUT2D eigenvalue weighted by molar-refractivity contribution is -0.387. The molecule has 0 aliphatic carbocycles. The number of primary amides is 1. The van der Waals surface area contributed by atoms with Gasteiger partial charge < -0.3 is 5.73 Å². The molecule has 0 aliphatic rings. The highest BCUT2D eigenvalue weighted by molar-refractivity contribution is 7.89. The first-order valence-electron chi connectivity index (χ1n) is 7.02. The summed E-state index contributed by atoms with van der Waals surface area (Å²) in [6, 6.07) is 6.08. The number of hydrogen-bond acceptors (Lipinski definition) is 5. The number of nitro benzene ring substituents is 1. The fraction of sp³-hybridized carbons (Fsp3) is 0.133. The minimum absolute atomic E-state index is 0.0201. The number of halogens is 2. The van der Waals surface area contributed by atoms with Crippen LogP contribution < -0.4 is 5.73 Å². The molecule has 2 aromatic carbocycles. The number of nitrogens with two attached hydrogens (primary N) is 1. The Morgan fingerprint density at radius 3 is 2.50 bits per heavy atom. The van der Waals surface area contributed by atoms with Crippen LogP contribution >= 0.6 is 11.6 Å². The van der Waals surface area contributed by atoms with Crippen LogP contribution in [0.4, 0.5) is 10.1 Å². The van der Waals surface area contributed by atoms with Gasteiger partial charge in [-0.3, -0.25) is 14.9 Å². The number of nitrogens with zero attached hydrogens (tertiary/aromatic N) is 2. The Bertz CT molecular complexity index is 983. The van der Waals surface area contributed by atoms with Crippen LogP contribution in [0.3, 0.4) is 0 Å². The summed E-state index contributed by atoms with van der Waals surface area (Å²) >= 11 is 5.77. The summed E-state index contributed by atoms with van der Waals surface area (Å²) < 4.78 is 39.8. The summed E-state index contributed by atoms with van der Waals surface area (Å²) in [5, 5.41) is 11.1. The van der Waals surface area contributed by atoms with Gasteiger partial charge in [-0.1, -0.05) is 23.7 Å². The third-order valence-electron chi connectivity index (χ3n) is 3.57. The molecule has 0 saturated heterocycles. The van der Waals surface area contributed by atoms with E-state index in [1.807, 2.05) is 0 Å². The van der Waals surface area contributed by atoms with Gasteiger partial charge in [-0.15, -0.1) is 0 Å². The lowest BCUT2D eigenvalue weighted by Gasteiger charge is -2.25. The molecule has 138 valence electrons. The third kappa shape index (κ3) is 3.82. The van der Waals surface area contributed by atoms with E-state index in [2.05, 4.69) is 0 Å². The van der Waals surface area contributed by atoms with Crippen LogP contribution in [-0.2, 0) is 14.8 Å². The lowest BCUT2D eigenvalue weighted by atomic mass is 10.1. The zero-order valence-corrected chi connectivity index (χ0v) is 14.9. The Hall–Kier alpha value is -2.56. The minimum Gasteiger partial charge on any atom is -0.368 e. The minimum atomic E-state index is -4.56. The maximum atomic E-state index is 13.5. The number of nitro groups is 1. The molecule has 0 saturated carbocycles. The molecule has 0 radical (unpaired) electrons. The number of carbonyl (C=O) groups is 1. The van der Waals surface area contributed by atoms with Crippen LogP contribution in [0.5, 0.6) is 0 Å². The number of rotatable bonds is 6. The molecule has 2 rings (SSSR count). The van der Waals surface area contributed by atoms with Gasteiger partial charge >= 0.3 is 0 Å². The van der Waals surface area contributed by atoms with Crippen molar-refractivity contribution in [1.29, 1.82) is 0 Å². The SMILES string of the molecule is CN(C(C(N)=O)c1cccc(F)c1)S(=O)(=O)c1cc(Cl)ccc1[N+](=O)[O-]. The summed E-state index contributed by atoms with van der Waals surface area (Å²) in [5.74, 6) is -1.78. The monoisotopic (exact) mass is 401 g/mol. The number of likely N-dealkylation sites (N-methyl/N-ethyl adjacent to an activating group) is 1. The zero-order chi connectivity index (χ0) is 19.6. The Morgan fingerprint density at radius 1 is 1.31 bits per heavy atom. The normalized spacial score (nSPS) is 12.8. The fourth-order valence-corrected chi connectivity index (χ4v) is 4.10. The molecular formula is C15H13ClFN3O5S. The van der Waals surface area contributed by atoms with Crippen LogP contribution in [0.1, 0.15) is 11.6 Å². The van der Waals surface area contributed by atoms with Crippen LogP contribution in [-0.4, -0.2) is 30.6 Å². The Labute approximate surface area is 153 Å². The van der Waals surface area contributed by atoms with Crippen molar-refractivity contribution in [3.63, 3.8) is 0 Å². The molecule has 1 amide bonds. The average molecular weight is 402 g/mol. The summed E-state index contributed by atoms with van der Waals surface area (Å²) in [7, 11) is -3.54. The van der Waals surface area contributed by atoms with Crippen LogP contribution in [0.15, 0.2) is 47.4 Å². The van der Waals surface area contributed by atoms with E-state index in [4.69, 9.17) is 17.3 Å². The van der Waals surface area contributed by atoms with Crippen molar-refractivity contribution in [1.82, 2.24) is 4.31 Å². The second-order valence-corrected chi connectivity index (χ2v) is 7.65. The molecule has 0 bridgehead atoms. The summed E-state index contributed by atoms with van der Waals surface area (Å²) in [6.45, 7) is 0. The van der Waals surface area contributed by atoms with E-state index in [-0.39, 0.29) is 10.6 Å². The average Bonchev–Trinajstić information content (AvgIpc) is 2.54. The highest BCUT2D eigenvalue weighted by Gasteiger charge is 2.37. The second-order valence-electron chi connectivity index (χ2n) is 5.25. The molecule has 0 fully saturated rings. The van der Waals surface area contributed by atoms with Gasteiger partial charge in [0.25, 0.3) is 15.7 Å². The first-order chi connectivity index (χ1) is 12.1. The molecule has 8 nitrogen and oxygen atoms in total. The number of benzene rings is 2. The molecule has 0 spiro atoms. The number of amides is 1. The molecule has 2 N–H and O–H groups in total. The van der Waals surface area contributed by atoms with Gasteiger partial charge in [0.05, 0.1) is 4.92 Å². The van der Waals surface area contributed by atoms with Gasteiger partial charge in [-0.2, -0.15) is 4.31 Å². The smallest absolute Gasteiger partial charge is 0.289 e. The fourth-order valence-electron chi connectivity index (χ4n) is 2.37. The van der Waals surface area contributed by atoms with E-state index >= 15 is 0 Å². The van der Waals surface area contributed by atoms with Crippen molar-refractivity contribution < 1.29 is 22.5 Å². The molecule has 1 atom stereocenters. The molecule has 2 aromatic rings. The van der Waals surface area contributed by atoms with E-state index in [9.17, 15) is 27.7 Å². The Kier molecular flexibility index (Phi) is 5.59. The standard InChI is InChI=1S/C15H13ClFN3O5S/c1-19(14(15(18)21)9-3-2-4-11(17)7-9)26(24,25)13-8-10(16)5-6-12(13)20(22)23/h2-8,14H,1H3,(H2,18,21). The molecule has 1 unspecified atom stereocenters.